The number of hydrogen-bond donors (Lipinski definition) is 1. The second kappa shape index (κ2) is 4.66. The van der Waals surface area contributed by atoms with Gasteiger partial charge in [-0.2, -0.15) is 0 Å². The molecule has 0 aliphatic heterocycles. The molecule has 0 radical (unpaired) electrons. The summed E-state index contributed by atoms with van der Waals surface area (Å²) >= 11 is 0. The molecule has 1 N–H and O–H groups in total. The van der Waals surface area contributed by atoms with E-state index in [2.05, 4.69) is 6.58 Å². The molecule has 3 nitrogen and oxygen atoms in total. The molecule has 1 aromatic rings. The lowest BCUT2D eigenvalue weighted by atomic mass is 10.0. The van der Waals surface area contributed by atoms with E-state index in [0.29, 0.717) is 11.1 Å². The summed E-state index contributed by atoms with van der Waals surface area (Å²) in [6, 6.07) is 6.37. The number of aliphatic hydroxyl groups excluding tert-OH is 1. The van der Waals surface area contributed by atoms with Crippen LogP contribution in [0.2, 0.25) is 0 Å². The van der Waals surface area contributed by atoms with E-state index in [4.69, 9.17) is 5.11 Å². The SMILES string of the molecule is C=C(CO)C(=O)c1cccc(C(C)=O)c1. The molecule has 0 aromatic heterocycles. The van der Waals surface area contributed by atoms with Crippen LogP contribution in [0.5, 0.6) is 0 Å². The van der Waals surface area contributed by atoms with Crippen LogP contribution in [0.4, 0.5) is 0 Å². The fourth-order valence-electron chi connectivity index (χ4n) is 1.16. The molecule has 0 aliphatic rings. The van der Waals surface area contributed by atoms with Crippen molar-refractivity contribution in [3.63, 3.8) is 0 Å². The third-order valence-electron chi connectivity index (χ3n) is 2.04. The van der Waals surface area contributed by atoms with Gasteiger partial charge in [0.2, 0.25) is 0 Å². The smallest absolute Gasteiger partial charge is 0.190 e. The average Bonchev–Trinajstić information content (AvgIpc) is 2.27. The van der Waals surface area contributed by atoms with Gasteiger partial charge in [-0.15, -0.1) is 0 Å². The van der Waals surface area contributed by atoms with Gasteiger partial charge in [0.1, 0.15) is 0 Å². The Balaban J connectivity index is 3.05. The monoisotopic (exact) mass is 204 g/mol. The van der Waals surface area contributed by atoms with E-state index in [1.807, 2.05) is 0 Å². The highest BCUT2D eigenvalue weighted by Gasteiger charge is 2.10. The van der Waals surface area contributed by atoms with Crippen LogP contribution in [0, 0.1) is 0 Å². The van der Waals surface area contributed by atoms with Crippen molar-refractivity contribution in [2.45, 2.75) is 6.92 Å². The van der Waals surface area contributed by atoms with Crippen molar-refractivity contribution in [2.24, 2.45) is 0 Å². The van der Waals surface area contributed by atoms with Gasteiger partial charge in [-0.3, -0.25) is 9.59 Å². The standard InChI is InChI=1S/C12H12O3/c1-8(7-13)12(15)11-5-3-4-10(6-11)9(2)14/h3-6,13H,1,7H2,2H3. The van der Waals surface area contributed by atoms with E-state index in [0.717, 1.165) is 0 Å². The molecule has 78 valence electrons. The molecular formula is C12H12O3. The Labute approximate surface area is 88.0 Å². The van der Waals surface area contributed by atoms with Gasteiger partial charge < -0.3 is 5.11 Å². The van der Waals surface area contributed by atoms with Crippen molar-refractivity contribution < 1.29 is 14.7 Å². The topological polar surface area (TPSA) is 54.4 Å². The number of rotatable bonds is 4. The van der Waals surface area contributed by atoms with Gasteiger partial charge >= 0.3 is 0 Å². The zero-order valence-corrected chi connectivity index (χ0v) is 8.49. The van der Waals surface area contributed by atoms with Crippen LogP contribution in [0.1, 0.15) is 27.6 Å². The molecule has 0 unspecified atom stereocenters. The van der Waals surface area contributed by atoms with E-state index >= 15 is 0 Å². The fourth-order valence-corrected chi connectivity index (χ4v) is 1.16. The van der Waals surface area contributed by atoms with Crippen LogP contribution in [0.15, 0.2) is 36.4 Å². The first-order valence-corrected chi connectivity index (χ1v) is 4.50. The predicted molar refractivity (Wildman–Crippen MR) is 57.0 cm³/mol. The molecule has 3 heteroatoms. The van der Waals surface area contributed by atoms with Crippen molar-refractivity contribution >= 4 is 11.6 Å². The molecule has 0 amide bonds. The minimum absolute atomic E-state index is 0.0979. The van der Waals surface area contributed by atoms with Crippen molar-refractivity contribution in [3.05, 3.63) is 47.5 Å². The molecule has 0 atom stereocenters. The molecule has 0 saturated carbocycles. The summed E-state index contributed by atoms with van der Waals surface area (Å²) < 4.78 is 0. The Morgan fingerprint density at radius 2 is 1.93 bits per heavy atom. The molecule has 0 bridgehead atoms. The van der Waals surface area contributed by atoms with Gasteiger partial charge in [-0.05, 0) is 13.0 Å². The summed E-state index contributed by atoms with van der Waals surface area (Å²) in [5, 5.41) is 8.76. The minimum atomic E-state index is -0.372. The Hall–Kier alpha value is -1.74. The number of Topliss-reactive ketones (excluding diaryl/α,β-unsaturated/α-hetero) is 2. The van der Waals surface area contributed by atoms with Gasteiger partial charge in [0.05, 0.1) is 6.61 Å². The lowest BCUT2D eigenvalue weighted by molar-refractivity contribution is 0.101. The maximum Gasteiger partial charge on any atom is 0.190 e. The van der Waals surface area contributed by atoms with Crippen LogP contribution in [0.25, 0.3) is 0 Å². The summed E-state index contributed by atoms with van der Waals surface area (Å²) in [5.74, 6) is -0.431. The Bertz CT molecular complexity index is 419. The lowest BCUT2D eigenvalue weighted by Crippen LogP contribution is -2.06. The van der Waals surface area contributed by atoms with Crippen LogP contribution < -0.4 is 0 Å². The molecule has 0 fully saturated rings. The zero-order chi connectivity index (χ0) is 11.4. The highest BCUT2D eigenvalue weighted by molar-refractivity contribution is 6.09. The first kappa shape index (κ1) is 11.3. The van der Waals surface area contributed by atoms with E-state index < -0.39 is 0 Å². The highest BCUT2D eigenvalue weighted by Crippen LogP contribution is 2.10. The quantitative estimate of drug-likeness (QED) is 0.599. The fraction of sp³-hybridized carbons (Fsp3) is 0.167. The molecule has 0 saturated heterocycles. The third-order valence-corrected chi connectivity index (χ3v) is 2.04. The maximum absolute atomic E-state index is 11.6. The van der Waals surface area contributed by atoms with Gasteiger partial charge in [-0.1, -0.05) is 24.8 Å². The summed E-state index contributed by atoms with van der Waals surface area (Å²) in [4.78, 5) is 22.7. The largest absolute Gasteiger partial charge is 0.392 e. The molecular weight excluding hydrogens is 192 g/mol. The first-order valence-electron chi connectivity index (χ1n) is 4.50. The van der Waals surface area contributed by atoms with Gasteiger partial charge in [-0.25, -0.2) is 0 Å². The minimum Gasteiger partial charge on any atom is -0.392 e. The van der Waals surface area contributed by atoms with Crippen molar-refractivity contribution in [1.82, 2.24) is 0 Å². The van der Waals surface area contributed by atoms with Crippen LogP contribution in [-0.4, -0.2) is 23.3 Å². The van der Waals surface area contributed by atoms with Crippen molar-refractivity contribution in [1.29, 1.82) is 0 Å². The Kier molecular flexibility index (Phi) is 3.52. The Morgan fingerprint density at radius 3 is 2.47 bits per heavy atom. The number of benzene rings is 1. The second-order valence-corrected chi connectivity index (χ2v) is 3.23. The van der Waals surface area contributed by atoms with Crippen molar-refractivity contribution in [2.75, 3.05) is 6.61 Å². The van der Waals surface area contributed by atoms with E-state index in [1.54, 1.807) is 18.2 Å². The van der Waals surface area contributed by atoms with Gasteiger partial charge in [0.15, 0.2) is 11.6 Å². The summed E-state index contributed by atoms with van der Waals surface area (Å²) in [6.45, 7) is 4.50. The summed E-state index contributed by atoms with van der Waals surface area (Å²) in [5.41, 5.74) is 0.976. The van der Waals surface area contributed by atoms with Gasteiger partial charge in [0.25, 0.3) is 0 Å². The lowest BCUT2D eigenvalue weighted by Gasteiger charge is -2.02. The number of aliphatic hydroxyl groups is 1. The van der Waals surface area contributed by atoms with Crippen LogP contribution >= 0.6 is 0 Å². The van der Waals surface area contributed by atoms with E-state index in [1.165, 1.54) is 13.0 Å². The number of carbonyl (C=O) groups excluding carboxylic acids is 2. The first-order chi connectivity index (χ1) is 7.06. The second-order valence-electron chi connectivity index (χ2n) is 3.23. The van der Waals surface area contributed by atoms with E-state index in [-0.39, 0.29) is 23.7 Å². The number of hydrogen-bond acceptors (Lipinski definition) is 3. The zero-order valence-electron chi connectivity index (χ0n) is 8.49. The normalized spacial score (nSPS) is 9.73. The number of carbonyl (C=O) groups is 2. The molecule has 0 heterocycles. The van der Waals surface area contributed by atoms with Gasteiger partial charge in [0, 0.05) is 16.7 Å². The predicted octanol–water partition coefficient (Wildman–Crippen LogP) is 1.62. The highest BCUT2D eigenvalue weighted by atomic mass is 16.3. The number of ketones is 2. The maximum atomic E-state index is 11.6. The molecule has 0 spiro atoms. The molecule has 1 rings (SSSR count). The molecule has 0 aliphatic carbocycles. The Morgan fingerprint density at radius 1 is 1.33 bits per heavy atom. The van der Waals surface area contributed by atoms with Crippen molar-refractivity contribution in [3.8, 4) is 0 Å². The average molecular weight is 204 g/mol. The van der Waals surface area contributed by atoms with E-state index in [9.17, 15) is 9.59 Å². The summed E-state index contributed by atoms with van der Waals surface area (Å²) in [6.07, 6.45) is 0. The van der Waals surface area contributed by atoms with Crippen LogP contribution in [0.3, 0.4) is 0 Å². The third kappa shape index (κ3) is 2.60. The van der Waals surface area contributed by atoms with Crippen LogP contribution in [-0.2, 0) is 0 Å². The molecule has 1 aromatic carbocycles. The molecule has 15 heavy (non-hydrogen) atoms. The summed E-state index contributed by atoms with van der Waals surface area (Å²) in [7, 11) is 0.